The molecule has 0 unspecified atom stereocenters. The Balaban J connectivity index is 1.74. The molecule has 0 aliphatic carbocycles. The van der Waals surface area contributed by atoms with Crippen molar-refractivity contribution in [2.75, 3.05) is 5.32 Å². The standard InChI is InChI=1S/C20H18N2O/c1-15-18(20(23)17-10-6-3-7-11-17)12-13-19(22-15)21-14-16-8-4-2-5-9-16/h2-13H,14H2,1H3,(H,21,22). The van der Waals surface area contributed by atoms with Gasteiger partial charge in [-0.3, -0.25) is 4.79 Å². The Kier molecular flexibility index (Phi) is 4.48. The van der Waals surface area contributed by atoms with E-state index in [1.54, 1.807) is 0 Å². The highest BCUT2D eigenvalue weighted by atomic mass is 16.1. The summed E-state index contributed by atoms with van der Waals surface area (Å²) in [6.45, 7) is 2.57. The van der Waals surface area contributed by atoms with Gasteiger partial charge in [-0.25, -0.2) is 4.98 Å². The molecule has 3 heteroatoms. The third kappa shape index (κ3) is 3.64. The maximum atomic E-state index is 12.5. The van der Waals surface area contributed by atoms with Gasteiger partial charge in [0.05, 0.1) is 5.69 Å². The van der Waals surface area contributed by atoms with Crippen LogP contribution in [0.1, 0.15) is 27.2 Å². The van der Waals surface area contributed by atoms with E-state index in [1.165, 1.54) is 5.56 Å². The van der Waals surface area contributed by atoms with Gasteiger partial charge in [-0.15, -0.1) is 0 Å². The molecule has 0 radical (unpaired) electrons. The van der Waals surface area contributed by atoms with Gasteiger partial charge in [-0.05, 0) is 24.6 Å². The quantitative estimate of drug-likeness (QED) is 0.717. The minimum Gasteiger partial charge on any atom is -0.366 e. The molecule has 0 spiro atoms. The molecule has 1 aromatic heterocycles. The van der Waals surface area contributed by atoms with Crippen LogP contribution in [0.4, 0.5) is 5.82 Å². The third-order valence-electron chi connectivity index (χ3n) is 3.68. The second-order valence-corrected chi connectivity index (χ2v) is 5.36. The molecular weight excluding hydrogens is 284 g/mol. The summed E-state index contributed by atoms with van der Waals surface area (Å²) in [6.07, 6.45) is 0. The minimum atomic E-state index is 0.00482. The lowest BCUT2D eigenvalue weighted by molar-refractivity contribution is 0.103. The lowest BCUT2D eigenvalue weighted by Crippen LogP contribution is -2.07. The lowest BCUT2D eigenvalue weighted by atomic mass is 10.0. The Morgan fingerprint density at radius 2 is 1.57 bits per heavy atom. The Morgan fingerprint density at radius 3 is 2.22 bits per heavy atom. The predicted octanol–water partition coefficient (Wildman–Crippen LogP) is 4.23. The second-order valence-electron chi connectivity index (χ2n) is 5.36. The second kappa shape index (κ2) is 6.88. The number of carbonyl (C=O) groups is 1. The Hall–Kier alpha value is -2.94. The van der Waals surface area contributed by atoms with Crippen molar-refractivity contribution < 1.29 is 4.79 Å². The number of anilines is 1. The summed E-state index contributed by atoms with van der Waals surface area (Å²) in [5.74, 6) is 0.779. The summed E-state index contributed by atoms with van der Waals surface area (Å²) in [4.78, 5) is 17.0. The van der Waals surface area contributed by atoms with Crippen LogP contribution in [-0.4, -0.2) is 10.8 Å². The molecule has 0 aliphatic heterocycles. The molecule has 3 rings (SSSR count). The summed E-state index contributed by atoms with van der Waals surface area (Å²) in [5, 5.41) is 3.29. The number of aryl methyl sites for hydroxylation is 1. The van der Waals surface area contributed by atoms with Gasteiger partial charge in [0.15, 0.2) is 5.78 Å². The molecule has 0 atom stereocenters. The molecule has 0 saturated carbocycles. The van der Waals surface area contributed by atoms with E-state index in [0.29, 0.717) is 17.7 Å². The molecule has 0 aliphatic rings. The number of pyridine rings is 1. The molecule has 0 saturated heterocycles. The van der Waals surface area contributed by atoms with Gasteiger partial charge >= 0.3 is 0 Å². The van der Waals surface area contributed by atoms with Gasteiger partial charge in [-0.1, -0.05) is 60.7 Å². The molecule has 0 amide bonds. The van der Waals surface area contributed by atoms with E-state index in [-0.39, 0.29) is 5.78 Å². The van der Waals surface area contributed by atoms with Gasteiger partial charge in [0.25, 0.3) is 0 Å². The van der Waals surface area contributed by atoms with Crippen molar-refractivity contribution in [2.24, 2.45) is 0 Å². The van der Waals surface area contributed by atoms with Crippen molar-refractivity contribution in [2.45, 2.75) is 13.5 Å². The van der Waals surface area contributed by atoms with Crippen LogP contribution in [0, 0.1) is 6.92 Å². The average molecular weight is 302 g/mol. The third-order valence-corrected chi connectivity index (χ3v) is 3.68. The van der Waals surface area contributed by atoms with E-state index in [4.69, 9.17) is 0 Å². The van der Waals surface area contributed by atoms with Crippen molar-refractivity contribution in [1.29, 1.82) is 0 Å². The fourth-order valence-electron chi connectivity index (χ4n) is 2.43. The first-order chi connectivity index (χ1) is 11.2. The highest BCUT2D eigenvalue weighted by Crippen LogP contribution is 2.16. The summed E-state index contributed by atoms with van der Waals surface area (Å²) < 4.78 is 0. The first-order valence-corrected chi connectivity index (χ1v) is 7.59. The van der Waals surface area contributed by atoms with Crippen molar-refractivity contribution in [3.63, 3.8) is 0 Å². The average Bonchev–Trinajstić information content (AvgIpc) is 2.61. The number of nitrogens with one attached hydrogen (secondary N) is 1. The summed E-state index contributed by atoms with van der Waals surface area (Å²) >= 11 is 0. The molecule has 3 aromatic rings. The highest BCUT2D eigenvalue weighted by Gasteiger charge is 2.12. The SMILES string of the molecule is Cc1nc(NCc2ccccc2)ccc1C(=O)c1ccccc1. The number of aromatic nitrogens is 1. The van der Waals surface area contributed by atoms with Crippen molar-refractivity contribution in [1.82, 2.24) is 4.98 Å². The van der Waals surface area contributed by atoms with Crippen LogP contribution < -0.4 is 5.32 Å². The zero-order valence-corrected chi connectivity index (χ0v) is 13.0. The largest absolute Gasteiger partial charge is 0.366 e. The monoisotopic (exact) mass is 302 g/mol. The van der Waals surface area contributed by atoms with E-state index < -0.39 is 0 Å². The van der Waals surface area contributed by atoms with E-state index in [0.717, 1.165) is 11.5 Å². The smallest absolute Gasteiger partial charge is 0.194 e. The van der Waals surface area contributed by atoms with Crippen molar-refractivity contribution in [3.05, 3.63) is 95.2 Å². The van der Waals surface area contributed by atoms with Crippen molar-refractivity contribution >= 4 is 11.6 Å². The van der Waals surface area contributed by atoms with Gasteiger partial charge in [0, 0.05) is 17.7 Å². The number of nitrogens with zero attached hydrogens (tertiary/aromatic N) is 1. The zero-order valence-electron chi connectivity index (χ0n) is 13.0. The van der Waals surface area contributed by atoms with Gasteiger partial charge in [0.2, 0.25) is 0 Å². The molecule has 0 bridgehead atoms. The lowest BCUT2D eigenvalue weighted by Gasteiger charge is -2.09. The van der Waals surface area contributed by atoms with Gasteiger partial charge in [-0.2, -0.15) is 0 Å². The van der Waals surface area contributed by atoms with Crippen LogP contribution in [0.2, 0.25) is 0 Å². The summed E-state index contributed by atoms with van der Waals surface area (Å²) in [7, 11) is 0. The van der Waals surface area contributed by atoms with E-state index in [9.17, 15) is 4.79 Å². The van der Waals surface area contributed by atoms with Gasteiger partial charge < -0.3 is 5.32 Å². The summed E-state index contributed by atoms with van der Waals surface area (Å²) in [5.41, 5.74) is 3.25. The number of rotatable bonds is 5. The minimum absolute atomic E-state index is 0.00482. The van der Waals surface area contributed by atoms with Gasteiger partial charge in [0.1, 0.15) is 5.82 Å². The molecule has 1 heterocycles. The van der Waals surface area contributed by atoms with Crippen LogP contribution >= 0.6 is 0 Å². The number of ketones is 1. The topological polar surface area (TPSA) is 42.0 Å². The molecule has 23 heavy (non-hydrogen) atoms. The van der Waals surface area contributed by atoms with Crippen LogP contribution in [0.3, 0.4) is 0 Å². The Labute approximate surface area is 136 Å². The summed E-state index contributed by atoms with van der Waals surface area (Å²) in [6, 6.07) is 23.1. The number of carbonyl (C=O) groups excluding carboxylic acids is 1. The van der Waals surface area contributed by atoms with Crippen molar-refractivity contribution in [3.8, 4) is 0 Å². The first-order valence-electron chi connectivity index (χ1n) is 7.59. The van der Waals surface area contributed by atoms with Crippen LogP contribution in [0.25, 0.3) is 0 Å². The fourth-order valence-corrected chi connectivity index (χ4v) is 2.43. The molecule has 1 N–H and O–H groups in total. The molecule has 2 aromatic carbocycles. The molecule has 114 valence electrons. The highest BCUT2D eigenvalue weighted by molar-refractivity contribution is 6.09. The van der Waals surface area contributed by atoms with E-state index in [2.05, 4.69) is 22.4 Å². The Morgan fingerprint density at radius 1 is 0.913 bits per heavy atom. The first kappa shape index (κ1) is 15.0. The van der Waals surface area contributed by atoms with E-state index in [1.807, 2.05) is 67.6 Å². The van der Waals surface area contributed by atoms with Crippen LogP contribution in [0.5, 0.6) is 0 Å². The molecule has 3 nitrogen and oxygen atoms in total. The number of hydrogen-bond acceptors (Lipinski definition) is 3. The number of hydrogen-bond donors (Lipinski definition) is 1. The maximum absolute atomic E-state index is 12.5. The van der Waals surface area contributed by atoms with E-state index >= 15 is 0 Å². The fraction of sp³-hybridized carbons (Fsp3) is 0.100. The van der Waals surface area contributed by atoms with Crippen LogP contribution in [-0.2, 0) is 6.54 Å². The molecule has 0 fully saturated rings. The van der Waals surface area contributed by atoms with Crippen LogP contribution in [0.15, 0.2) is 72.8 Å². The Bertz CT molecular complexity index is 798. The normalized spacial score (nSPS) is 10.3. The molecular formula is C20H18N2O. The zero-order chi connectivity index (χ0) is 16.1. The predicted molar refractivity (Wildman–Crippen MR) is 92.6 cm³/mol. The maximum Gasteiger partial charge on any atom is 0.194 e. The number of benzene rings is 2.